The standard InChI is InChI=1S/C18H33NO2/c1-16(2)5-3-6-18(19,8-7-16)15-4-11-21-17(14-15)9-12-20-13-10-17/h15H,3-14,19H2,1-2H3. The van der Waals surface area contributed by atoms with Crippen LogP contribution in [-0.2, 0) is 9.47 Å². The molecule has 3 heteroatoms. The molecule has 3 aliphatic rings. The molecule has 2 atom stereocenters. The van der Waals surface area contributed by atoms with Crippen LogP contribution in [0.5, 0.6) is 0 Å². The van der Waals surface area contributed by atoms with Crippen molar-refractivity contribution in [1.29, 1.82) is 0 Å². The van der Waals surface area contributed by atoms with Crippen LogP contribution in [-0.4, -0.2) is 31.0 Å². The van der Waals surface area contributed by atoms with Gasteiger partial charge in [0.1, 0.15) is 0 Å². The Hall–Kier alpha value is -0.120. The quantitative estimate of drug-likeness (QED) is 0.751. The van der Waals surface area contributed by atoms with E-state index in [4.69, 9.17) is 15.2 Å². The van der Waals surface area contributed by atoms with Crippen LogP contribution >= 0.6 is 0 Å². The van der Waals surface area contributed by atoms with Crippen molar-refractivity contribution in [3.05, 3.63) is 0 Å². The summed E-state index contributed by atoms with van der Waals surface area (Å²) >= 11 is 0. The van der Waals surface area contributed by atoms with Crippen molar-refractivity contribution < 1.29 is 9.47 Å². The topological polar surface area (TPSA) is 44.5 Å². The SMILES string of the molecule is CC1(C)CCCC(N)(C2CCOC3(CCOCC3)C2)CC1. The van der Waals surface area contributed by atoms with Crippen LogP contribution in [0.1, 0.15) is 71.6 Å². The molecule has 122 valence electrons. The van der Waals surface area contributed by atoms with Gasteiger partial charge in [-0.3, -0.25) is 0 Å². The number of nitrogens with two attached hydrogens (primary N) is 1. The summed E-state index contributed by atoms with van der Waals surface area (Å²) in [6, 6.07) is 0. The van der Waals surface area contributed by atoms with Crippen LogP contribution in [0, 0.1) is 11.3 Å². The number of hydrogen-bond acceptors (Lipinski definition) is 3. The zero-order valence-corrected chi connectivity index (χ0v) is 14.0. The zero-order valence-electron chi connectivity index (χ0n) is 14.0. The van der Waals surface area contributed by atoms with Gasteiger partial charge in [-0.25, -0.2) is 0 Å². The van der Waals surface area contributed by atoms with Gasteiger partial charge in [-0.1, -0.05) is 20.3 Å². The fourth-order valence-electron chi connectivity index (χ4n) is 4.74. The Morgan fingerprint density at radius 1 is 0.905 bits per heavy atom. The first kappa shape index (κ1) is 15.8. The van der Waals surface area contributed by atoms with E-state index in [0.29, 0.717) is 11.3 Å². The van der Waals surface area contributed by atoms with Gasteiger partial charge in [0.2, 0.25) is 0 Å². The molecule has 3 nitrogen and oxygen atoms in total. The third-order valence-corrected chi connectivity index (χ3v) is 6.47. The maximum atomic E-state index is 6.96. The van der Waals surface area contributed by atoms with E-state index in [9.17, 15) is 0 Å². The predicted octanol–water partition coefficient (Wildman–Crippen LogP) is 3.65. The van der Waals surface area contributed by atoms with Crippen LogP contribution in [0.4, 0.5) is 0 Å². The van der Waals surface area contributed by atoms with Gasteiger partial charge in [-0.2, -0.15) is 0 Å². The highest BCUT2D eigenvalue weighted by Gasteiger charge is 2.46. The Morgan fingerprint density at radius 2 is 1.67 bits per heavy atom. The summed E-state index contributed by atoms with van der Waals surface area (Å²) in [5.74, 6) is 0.637. The molecule has 3 fully saturated rings. The van der Waals surface area contributed by atoms with Crippen LogP contribution < -0.4 is 5.73 Å². The number of ether oxygens (including phenoxy) is 2. The second-order valence-corrected chi connectivity index (χ2v) is 8.58. The number of rotatable bonds is 1. The Balaban J connectivity index is 1.70. The van der Waals surface area contributed by atoms with E-state index in [0.717, 1.165) is 45.5 Å². The fraction of sp³-hybridized carbons (Fsp3) is 1.00. The summed E-state index contributed by atoms with van der Waals surface area (Å²) in [7, 11) is 0. The lowest BCUT2D eigenvalue weighted by Gasteiger charge is -2.48. The smallest absolute Gasteiger partial charge is 0.0729 e. The molecule has 0 radical (unpaired) electrons. The maximum Gasteiger partial charge on any atom is 0.0729 e. The fourth-order valence-corrected chi connectivity index (χ4v) is 4.74. The van der Waals surface area contributed by atoms with Crippen molar-refractivity contribution in [3.8, 4) is 0 Å². The lowest BCUT2D eigenvalue weighted by atomic mass is 9.69. The van der Waals surface area contributed by atoms with Gasteiger partial charge in [0.05, 0.1) is 5.60 Å². The first-order valence-electron chi connectivity index (χ1n) is 8.94. The van der Waals surface area contributed by atoms with E-state index in [-0.39, 0.29) is 11.1 Å². The summed E-state index contributed by atoms with van der Waals surface area (Å²) in [6.07, 6.45) is 10.7. The van der Waals surface area contributed by atoms with E-state index in [2.05, 4.69) is 13.8 Å². The van der Waals surface area contributed by atoms with E-state index in [1.165, 1.54) is 32.1 Å². The third-order valence-electron chi connectivity index (χ3n) is 6.47. The Morgan fingerprint density at radius 3 is 2.43 bits per heavy atom. The van der Waals surface area contributed by atoms with Crippen molar-refractivity contribution in [3.63, 3.8) is 0 Å². The van der Waals surface area contributed by atoms with Crippen molar-refractivity contribution in [2.45, 2.75) is 82.8 Å². The average Bonchev–Trinajstić information content (AvgIpc) is 2.60. The highest BCUT2D eigenvalue weighted by molar-refractivity contribution is 5.01. The molecule has 1 aliphatic carbocycles. The minimum atomic E-state index is 0.0445. The van der Waals surface area contributed by atoms with Gasteiger partial charge in [-0.15, -0.1) is 0 Å². The first-order valence-corrected chi connectivity index (χ1v) is 8.94. The summed E-state index contributed by atoms with van der Waals surface area (Å²) in [4.78, 5) is 0. The van der Waals surface area contributed by atoms with Crippen molar-refractivity contribution in [1.82, 2.24) is 0 Å². The Bertz CT molecular complexity index is 357. The highest BCUT2D eigenvalue weighted by Crippen LogP contribution is 2.46. The summed E-state index contributed by atoms with van der Waals surface area (Å²) in [5.41, 5.74) is 7.56. The maximum absolute atomic E-state index is 6.96. The van der Waals surface area contributed by atoms with Gasteiger partial charge in [-0.05, 0) is 62.7 Å². The molecule has 3 rings (SSSR count). The van der Waals surface area contributed by atoms with Gasteiger partial charge in [0, 0.05) is 25.4 Å². The van der Waals surface area contributed by atoms with Gasteiger partial charge < -0.3 is 15.2 Å². The minimum Gasteiger partial charge on any atom is -0.381 e. The van der Waals surface area contributed by atoms with Crippen LogP contribution in [0.25, 0.3) is 0 Å². The summed E-state index contributed by atoms with van der Waals surface area (Å²) in [5, 5.41) is 0. The molecule has 21 heavy (non-hydrogen) atoms. The van der Waals surface area contributed by atoms with Gasteiger partial charge in [0.25, 0.3) is 0 Å². The average molecular weight is 295 g/mol. The van der Waals surface area contributed by atoms with Crippen molar-refractivity contribution in [2.24, 2.45) is 17.1 Å². The molecule has 1 spiro atoms. The second kappa shape index (κ2) is 5.82. The molecule has 0 aromatic heterocycles. The molecule has 2 unspecified atom stereocenters. The minimum absolute atomic E-state index is 0.0445. The largest absolute Gasteiger partial charge is 0.381 e. The molecule has 0 amide bonds. The lowest BCUT2D eigenvalue weighted by Crippen LogP contribution is -2.54. The third kappa shape index (κ3) is 3.46. The molecule has 1 saturated carbocycles. The van der Waals surface area contributed by atoms with E-state index in [1.54, 1.807) is 0 Å². The monoisotopic (exact) mass is 295 g/mol. The van der Waals surface area contributed by atoms with Gasteiger partial charge in [0.15, 0.2) is 0 Å². The molecule has 0 bridgehead atoms. The van der Waals surface area contributed by atoms with E-state index >= 15 is 0 Å². The van der Waals surface area contributed by atoms with Crippen LogP contribution in [0.3, 0.4) is 0 Å². The highest BCUT2D eigenvalue weighted by atomic mass is 16.5. The molecule has 0 aromatic rings. The first-order chi connectivity index (χ1) is 9.93. The van der Waals surface area contributed by atoms with Crippen LogP contribution in [0.15, 0.2) is 0 Å². The summed E-state index contributed by atoms with van der Waals surface area (Å²) in [6.45, 7) is 7.42. The molecule has 2 N–H and O–H groups in total. The zero-order chi connectivity index (χ0) is 15.0. The molecule has 0 aromatic carbocycles. The van der Waals surface area contributed by atoms with Crippen LogP contribution in [0.2, 0.25) is 0 Å². The van der Waals surface area contributed by atoms with Crippen molar-refractivity contribution >= 4 is 0 Å². The molecular weight excluding hydrogens is 262 g/mol. The molecule has 2 saturated heterocycles. The van der Waals surface area contributed by atoms with Gasteiger partial charge >= 0.3 is 0 Å². The predicted molar refractivity (Wildman–Crippen MR) is 85.2 cm³/mol. The van der Waals surface area contributed by atoms with E-state index in [1.807, 2.05) is 0 Å². The summed E-state index contributed by atoms with van der Waals surface area (Å²) < 4.78 is 11.7. The van der Waals surface area contributed by atoms with Crippen molar-refractivity contribution in [2.75, 3.05) is 19.8 Å². The normalized spacial score (nSPS) is 39.9. The Labute approximate surface area is 129 Å². The lowest BCUT2D eigenvalue weighted by molar-refractivity contribution is -0.155. The molecular formula is C18H33NO2. The second-order valence-electron chi connectivity index (χ2n) is 8.58. The molecule has 2 heterocycles. The number of hydrogen-bond donors (Lipinski definition) is 1. The van der Waals surface area contributed by atoms with E-state index < -0.39 is 0 Å². The Kier molecular flexibility index (Phi) is 4.37. The molecule has 2 aliphatic heterocycles.